The molecule has 23 heavy (non-hydrogen) atoms. The Kier molecular flexibility index (Phi) is 4.04. The standard InChI is InChI=1S/C18H21NO3S/c1-13-7-9-15(10-8-13)23(21,22)17-16(18(17,11-19)12-20)14-5-3-2-4-6-14/h2-10,16-17,20H,11-12,19H2,1H3. The van der Waals surface area contributed by atoms with E-state index in [4.69, 9.17) is 5.73 Å². The number of sulfone groups is 1. The highest BCUT2D eigenvalue weighted by Crippen LogP contribution is 2.63. The van der Waals surface area contributed by atoms with E-state index in [-0.39, 0.29) is 24.0 Å². The van der Waals surface area contributed by atoms with Crippen molar-refractivity contribution in [1.82, 2.24) is 0 Å². The summed E-state index contributed by atoms with van der Waals surface area (Å²) < 4.78 is 26.1. The van der Waals surface area contributed by atoms with E-state index in [0.29, 0.717) is 0 Å². The van der Waals surface area contributed by atoms with Gasteiger partial charge in [0.25, 0.3) is 0 Å². The summed E-state index contributed by atoms with van der Waals surface area (Å²) in [4.78, 5) is 0.290. The van der Waals surface area contributed by atoms with Gasteiger partial charge in [-0.3, -0.25) is 0 Å². The second kappa shape index (κ2) is 5.74. The molecule has 122 valence electrons. The molecule has 0 aromatic heterocycles. The predicted molar refractivity (Wildman–Crippen MR) is 89.9 cm³/mol. The first-order valence-corrected chi connectivity index (χ1v) is 9.18. The molecule has 0 amide bonds. The fraction of sp³-hybridized carbons (Fsp3) is 0.333. The van der Waals surface area contributed by atoms with Crippen molar-refractivity contribution in [3.8, 4) is 0 Å². The first-order valence-electron chi connectivity index (χ1n) is 7.64. The van der Waals surface area contributed by atoms with E-state index in [1.807, 2.05) is 37.3 Å². The number of nitrogens with two attached hydrogens (primary N) is 1. The molecule has 2 aromatic carbocycles. The van der Waals surface area contributed by atoms with Gasteiger partial charge in [-0.1, -0.05) is 48.0 Å². The first kappa shape index (κ1) is 16.2. The number of hydrogen-bond donors (Lipinski definition) is 2. The molecule has 3 atom stereocenters. The van der Waals surface area contributed by atoms with Crippen LogP contribution in [0.3, 0.4) is 0 Å². The molecule has 0 heterocycles. The molecule has 5 heteroatoms. The molecule has 3 unspecified atom stereocenters. The maximum absolute atomic E-state index is 13.1. The zero-order valence-electron chi connectivity index (χ0n) is 13.0. The van der Waals surface area contributed by atoms with Gasteiger partial charge >= 0.3 is 0 Å². The maximum atomic E-state index is 13.1. The van der Waals surface area contributed by atoms with E-state index < -0.39 is 20.5 Å². The van der Waals surface area contributed by atoms with Gasteiger partial charge in [-0.05, 0) is 24.6 Å². The minimum absolute atomic E-state index is 0.138. The highest BCUT2D eigenvalue weighted by atomic mass is 32.2. The zero-order valence-corrected chi connectivity index (χ0v) is 13.8. The van der Waals surface area contributed by atoms with Crippen molar-refractivity contribution in [3.05, 3.63) is 65.7 Å². The molecule has 3 rings (SSSR count). The Balaban J connectivity index is 2.05. The molecule has 1 aliphatic rings. The van der Waals surface area contributed by atoms with Crippen molar-refractivity contribution in [1.29, 1.82) is 0 Å². The van der Waals surface area contributed by atoms with Crippen molar-refractivity contribution in [2.75, 3.05) is 13.2 Å². The molecule has 1 aliphatic carbocycles. The lowest BCUT2D eigenvalue weighted by atomic mass is 10.0. The Morgan fingerprint density at radius 1 is 1.09 bits per heavy atom. The third-order valence-corrected chi connectivity index (χ3v) is 7.24. The molecule has 2 aromatic rings. The van der Waals surface area contributed by atoms with Gasteiger partial charge in [-0.25, -0.2) is 8.42 Å². The van der Waals surface area contributed by atoms with Crippen molar-refractivity contribution in [2.24, 2.45) is 11.1 Å². The molecular weight excluding hydrogens is 310 g/mol. The minimum atomic E-state index is -3.55. The van der Waals surface area contributed by atoms with Crippen molar-refractivity contribution < 1.29 is 13.5 Å². The summed E-state index contributed by atoms with van der Waals surface area (Å²) in [5.74, 6) is -0.273. The molecule has 3 N–H and O–H groups in total. The number of aryl methyl sites for hydroxylation is 1. The molecule has 1 saturated carbocycles. The molecule has 0 aliphatic heterocycles. The van der Waals surface area contributed by atoms with E-state index in [1.54, 1.807) is 24.3 Å². The van der Waals surface area contributed by atoms with Gasteiger partial charge in [-0.15, -0.1) is 0 Å². The van der Waals surface area contributed by atoms with E-state index in [0.717, 1.165) is 11.1 Å². The molecule has 0 bridgehead atoms. The lowest BCUT2D eigenvalue weighted by Gasteiger charge is -2.12. The van der Waals surface area contributed by atoms with Gasteiger partial charge in [-0.2, -0.15) is 0 Å². The van der Waals surface area contributed by atoms with Crippen LogP contribution in [0.4, 0.5) is 0 Å². The summed E-state index contributed by atoms with van der Waals surface area (Å²) in [5, 5.41) is 9.18. The largest absolute Gasteiger partial charge is 0.396 e. The normalized spacial score (nSPS) is 26.9. The Bertz CT molecular complexity index is 781. The average molecular weight is 331 g/mol. The second-order valence-electron chi connectivity index (χ2n) is 6.26. The molecule has 0 saturated heterocycles. The monoisotopic (exact) mass is 331 g/mol. The topological polar surface area (TPSA) is 80.4 Å². The molecule has 0 radical (unpaired) electrons. The van der Waals surface area contributed by atoms with E-state index in [2.05, 4.69) is 0 Å². The number of hydrogen-bond acceptors (Lipinski definition) is 4. The zero-order chi connectivity index (χ0) is 16.7. The van der Waals surface area contributed by atoms with Crippen LogP contribution in [-0.2, 0) is 9.84 Å². The summed E-state index contributed by atoms with van der Waals surface area (Å²) in [7, 11) is -3.55. The number of aliphatic hydroxyl groups is 1. The van der Waals surface area contributed by atoms with Crippen LogP contribution in [0.25, 0.3) is 0 Å². The number of benzene rings is 2. The Morgan fingerprint density at radius 3 is 2.22 bits per heavy atom. The van der Waals surface area contributed by atoms with Crippen molar-refractivity contribution in [2.45, 2.75) is 23.0 Å². The van der Waals surface area contributed by atoms with Gasteiger partial charge in [0.05, 0.1) is 16.8 Å². The minimum Gasteiger partial charge on any atom is -0.396 e. The third-order valence-electron chi connectivity index (χ3n) is 4.90. The van der Waals surface area contributed by atoms with E-state index >= 15 is 0 Å². The van der Waals surface area contributed by atoms with E-state index in [1.165, 1.54) is 0 Å². The van der Waals surface area contributed by atoms with Gasteiger partial charge in [0.2, 0.25) is 0 Å². The molecule has 4 nitrogen and oxygen atoms in total. The van der Waals surface area contributed by atoms with Gasteiger partial charge in [0, 0.05) is 17.9 Å². The van der Waals surface area contributed by atoms with Crippen LogP contribution in [0.2, 0.25) is 0 Å². The molecule has 1 fully saturated rings. The second-order valence-corrected chi connectivity index (χ2v) is 8.33. The quantitative estimate of drug-likeness (QED) is 0.876. The highest BCUT2D eigenvalue weighted by Gasteiger charge is 2.70. The van der Waals surface area contributed by atoms with Gasteiger partial charge < -0.3 is 10.8 Å². The number of aliphatic hydroxyl groups excluding tert-OH is 1. The fourth-order valence-corrected chi connectivity index (χ4v) is 5.93. The van der Waals surface area contributed by atoms with Crippen LogP contribution in [-0.4, -0.2) is 31.9 Å². The van der Waals surface area contributed by atoms with Crippen LogP contribution >= 0.6 is 0 Å². The highest BCUT2D eigenvalue weighted by molar-refractivity contribution is 7.92. The van der Waals surface area contributed by atoms with Crippen molar-refractivity contribution in [3.63, 3.8) is 0 Å². The maximum Gasteiger partial charge on any atom is 0.182 e. The Morgan fingerprint density at radius 2 is 1.70 bits per heavy atom. The lowest BCUT2D eigenvalue weighted by molar-refractivity contribution is 0.212. The smallest absolute Gasteiger partial charge is 0.182 e. The SMILES string of the molecule is Cc1ccc(S(=O)(=O)C2C(c3ccccc3)C2(CN)CO)cc1. The Labute approximate surface area is 136 Å². The van der Waals surface area contributed by atoms with Crippen LogP contribution in [0, 0.1) is 12.3 Å². The molecular formula is C18H21NO3S. The summed E-state index contributed by atoms with van der Waals surface area (Å²) in [6, 6.07) is 16.3. The first-order chi connectivity index (χ1) is 11.0. The van der Waals surface area contributed by atoms with Gasteiger partial charge in [0.1, 0.15) is 0 Å². The average Bonchev–Trinajstić information content (AvgIpc) is 3.27. The lowest BCUT2D eigenvalue weighted by Crippen LogP contribution is -2.27. The fourth-order valence-electron chi connectivity index (χ4n) is 3.48. The predicted octanol–water partition coefficient (Wildman–Crippen LogP) is 1.87. The summed E-state index contributed by atoms with van der Waals surface area (Å²) in [6.45, 7) is 1.82. The van der Waals surface area contributed by atoms with Gasteiger partial charge in [0.15, 0.2) is 9.84 Å². The number of rotatable bonds is 5. The van der Waals surface area contributed by atoms with Crippen LogP contribution in [0.1, 0.15) is 17.0 Å². The third kappa shape index (κ3) is 2.49. The summed E-state index contributed by atoms with van der Waals surface area (Å²) >= 11 is 0. The van der Waals surface area contributed by atoms with Crippen LogP contribution in [0.5, 0.6) is 0 Å². The van der Waals surface area contributed by atoms with Crippen LogP contribution in [0.15, 0.2) is 59.5 Å². The van der Waals surface area contributed by atoms with Crippen molar-refractivity contribution >= 4 is 9.84 Å². The van der Waals surface area contributed by atoms with E-state index in [9.17, 15) is 13.5 Å². The Hall–Kier alpha value is -1.69. The van der Waals surface area contributed by atoms with Crippen LogP contribution < -0.4 is 5.73 Å². The molecule has 0 spiro atoms. The summed E-state index contributed by atoms with van der Waals surface area (Å²) in [6.07, 6.45) is 0. The summed E-state index contributed by atoms with van der Waals surface area (Å²) in [5.41, 5.74) is 6.99.